The second-order valence-electron chi connectivity index (χ2n) is 2.30. The SMILES string of the molecule is C=CSC(=C\C)/C=C(\N)C(=O)OCC. The van der Waals surface area contributed by atoms with Crippen LogP contribution >= 0.6 is 11.8 Å². The van der Waals surface area contributed by atoms with Crippen LogP contribution in [0.3, 0.4) is 0 Å². The van der Waals surface area contributed by atoms with Crippen molar-refractivity contribution in [2.45, 2.75) is 13.8 Å². The highest BCUT2D eigenvalue weighted by atomic mass is 32.2. The molecular weight excluding hydrogens is 198 g/mol. The normalized spacial score (nSPS) is 12.4. The van der Waals surface area contributed by atoms with Crippen LogP contribution in [-0.2, 0) is 9.53 Å². The molecule has 0 aliphatic heterocycles. The van der Waals surface area contributed by atoms with Crippen molar-refractivity contribution in [3.63, 3.8) is 0 Å². The van der Waals surface area contributed by atoms with Crippen molar-refractivity contribution in [1.29, 1.82) is 0 Å². The lowest BCUT2D eigenvalue weighted by Crippen LogP contribution is -2.14. The summed E-state index contributed by atoms with van der Waals surface area (Å²) in [6.07, 6.45) is 3.42. The summed E-state index contributed by atoms with van der Waals surface area (Å²) in [5.41, 5.74) is 5.61. The summed E-state index contributed by atoms with van der Waals surface area (Å²) in [6, 6.07) is 0. The van der Waals surface area contributed by atoms with Crippen LogP contribution in [0.25, 0.3) is 0 Å². The highest BCUT2D eigenvalue weighted by molar-refractivity contribution is 8.06. The van der Waals surface area contributed by atoms with Gasteiger partial charge in [0.25, 0.3) is 0 Å². The van der Waals surface area contributed by atoms with E-state index in [4.69, 9.17) is 10.5 Å². The summed E-state index contributed by atoms with van der Waals surface area (Å²) >= 11 is 1.40. The lowest BCUT2D eigenvalue weighted by Gasteiger charge is -2.02. The van der Waals surface area contributed by atoms with Crippen LogP contribution in [0, 0.1) is 0 Å². The van der Waals surface area contributed by atoms with Crippen LogP contribution in [0.1, 0.15) is 13.8 Å². The van der Waals surface area contributed by atoms with E-state index in [1.54, 1.807) is 18.4 Å². The smallest absolute Gasteiger partial charge is 0.354 e. The van der Waals surface area contributed by atoms with Crippen LogP contribution in [0.4, 0.5) is 0 Å². The highest BCUT2D eigenvalue weighted by Crippen LogP contribution is 2.18. The molecule has 4 heteroatoms. The first-order valence-electron chi connectivity index (χ1n) is 4.23. The van der Waals surface area contributed by atoms with E-state index in [0.29, 0.717) is 6.61 Å². The van der Waals surface area contributed by atoms with Crippen LogP contribution in [0.2, 0.25) is 0 Å². The van der Waals surface area contributed by atoms with E-state index in [-0.39, 0.29) is 5.70 Å². The minimum absolute atomic E-state index is 0.106. The second kappa shape index (κ2) is 7.26. The van der Waals surface area contributed by atoms with Gasteiger partial charge in [0.1, 0.15) is 5.70 Å². The topological polar surface area (TPSA) is 52.3 Å². The predicted molar refractivity (Wildman–Crippen MR) is 60.4 cm³/mol. The standard InChI is InChI=1S/C10H15NO2S/c1-4-8(14-6-3)7-9(11)10(12)13-5-2/h4,6-7H,3,5,11H2,1-2H3/b8-4-,9-7-. The Morgan fingerprint density at radius 3 is 2.71 bits per heavy atom. The van der Waals surface area contributed by atoms with Crippen LogP contribution in [0.5, 0.6) is 0 Å². The number of allylic oxidation sites excluding steroid dienone is 2. The van der Waals surface area contributed by atoms with Gasteiger partial charge in [0.15, 0.2) is 0 Å². The molecule has 0 aromatic heterocycles. The van der Waals surface area contributed by atoms with Crippen molar-refractivity contribution in [2.75, 3.05) is 6.61 Å². The quantitative estimate of drug-likeness (QED) is 0.432. The molecule has 0 saturated carbocycles. The number of carbonyl (C=O) groups is 1. The first-order valence-corrected chi connectivity index (χ1v) is 5.11. The van der Waals surface area contributed by atoms with Crippen molar-refractivity contribution >= 4 is 17.7 Å². The molecule has 0 aliphatic rings. The molecule has 2 N–H and O–H groups in total. The van der Waals surface area contributed by atoms with Crippen molar-refractivity contribution in [2.24, 2.45) is 5.73 Å². The molecule has 0 bridgehead atoms. The number of esters is 1. The van der Waals surface area contributed by atoms with E-state index >= 15 is 0 Å². The molecule has 0 saturated heterocycles. The fourth-order valence-electron chi connectivity index (χ4n) is 0.708. The highest BCUT2D eigenvalue weighted by Gasteiger charge is 2.05. The molecule has 0 aliphatic carbocycles. The fourth-order valence-corrected chi connectivity index (χ4v) is 1.23. The molecule has 0 aromatic carbocycles. The molecule has 0 amide bonds. The van der Waals surface area contributed by atoms with Crippen LogP contribution in [0.15, 0.2) is 34.7 Å². The molecule has 0 aromatic rings. The zero-order valence-corrected chi connectivity index (χ0v) is 9.26. The van der Waals surface area contributed by atoms with Crippen LogP contribution in [-0.4, -0.2) is 12.6 Å². The number of carbonyl (C=O) groups excluding carboxylic acids is 1. The zero-order chi connectivity index (χ0) is 11.0. The molecule has 0 unspecified atom stereocenters. The Labute approximate surface area is 88.7 Å². The molecule has 14 heavy (non-hydrogen) atoms. The van der Waals surface area contributed by atoms with Gasteiger partial charge in [-0.1, -0.05) is 24.4 Å². The summed E-state index contributed by atoms with van der Waals surface area (Å²) in [7, 11) is 0. The van der Waals surface area contributed by atoms with Gasteiger partial charge in [-0.05, 0) is 25.3 Å². The Morgan fingerprint density at radius 2 is 2.29 bits per heavy atom. The van der Waals surface area contributed by atoms with Gasteiger partial charge in [0.05, 0.1) is 6.61 Å². The van der Waals surface area contributed by atoms with Gasteiger partial charge < -0.3 is 10.5 Å². The molecule has 0 radical (unpaired) electrons. The van der Waals surface area contributed by atoms with E-state index in [0.717, 1.165) is 4.91 Å². The van der Waals surface area contributed by atoms with Crippen molar-refractivity contribution < 1.29 is 9.53 Å². The number of ether oxygens (including phenoxy) is 1. The number of hydrogen-bond donors (Lipinski definition) is 1. The van der Waals surface area contributed by atoms with Gasteiger partial charge in [0.2, 0.25) is 0 Å². The Morgan fingerprint density at radius 1 is 1.64 bits per heavy atom. The Hall–Kier alpha value is -1.16. The second-order valence-corrected chi connectivity index (χ2v) is 3.34. The molecule has 0 atom stereocenters. The lowest BCUT2D eigenvalue weighted by molar-refractivity contribution is -0.138. The van der Waals surface area contributed by atoms with Gasteiger partial charge in [-0.15, -0.1) is 0 Å². The summed E-state index contributed by atoms with van der Waals surface area (Å²) < 4.78 is 4.73. The average Bonchev–Trinajstić information content (AvgIpc) is 2.17. The summed E-state index contributed by atoms with van der Waals surface area (Å²) in [5.74, 6) is -0.489. The summed E-state index contributed by atoms with van der Waals surface area (Å²) in [4.78, 5) is 12.0. The number of nitrogens with two attached hydrogens (primary N) is 1. The predicted octanol–water partition coefficient (Wildman–Crippen LogP) is 2.17. The van der Waals surface area contributed by atoms with Gasteiger partial charge in [0, 0.05) is 4.91 Å². The van der Waals surface area contributed by atoms with Crippen LogP contribution < -0.4 is 5.73 Å². The van der Waals surface area contributed by atoms with E-state index in [1.165, 1.54) is 11.8 Å². The van der Waals surface area contributed by atoms with Gasteiger partial charge in [-0.25, -0.2) is 4.79 Å². The third kappa shape index (κ3) is 4.77. The molecule has 0 rings (SSSR count). The van der Waals surface area contributed by atoms with Crippen molar-refractivity contribution in [3.05, 3.63) is 34.7 Å². The minimum atomic E-state index is -0.489. The Bertz CT molecular complexity index is 269. The van der Waals surface area contributed by atoms with Crippen molar-refractivity contribution in [1.82, 2.24) is 0 Å². The molecular formula is C10H15NO2S. The Balaban J connectivity index is 4.47. The number of thioether (sulfide) groups is 1. The maximum Gasteiger partial charge on any atom is 0.354 e. The van der Waals surface area contributed by atoms with E-state index < -0.39 is 5.97 Å². The maximum atomic E-state index is 11.1. The first-order chi connectivity index (χ1) is 6.65. The van der Waals surface area contributed by atoms with Crippen molar-refractivity contribution in [3.8, 4) is 0 Å². The first kappa shape index (κ1) is 12.8. The summed E-state index contributed by atoms with van der Waals surface area (Å²) in [5, 5.41) is 1.67. The van der Waals surface area contributed by atoms with Gasteiger partial charge in [-0.2, -0.15) is 0 Å². The van der Waals surface area contributed by atoms with Gasteiger partial charge in [-0.3, -0.25) is 0 Å². The minimum Gasteiger partial charge on any atom is -0.461 e. The van der Waals surface area contributed by atoms with E-state index in [2.05, 4.69) is 6.58 Å². The third-order valence-corrected chi connectivity index (χ3v) is 2.11. The zero-order valence-electron chi connectivity index (χ0n) is 8.45. The lowest BCUT2D eigenvalue weighted by atomic mass is 10.4. The number of hydrogen-bond acceptors (Lipinski definition) is 4. The van der Waals surface area contributed by atoms with E-state index in [1.807, 2.05) is 13.0 Å². The molecule has 0 heterocycles. The van der Waals surface area contributed by atoms with E-state index in [9.17, 15) is 4.79 Å². The molecule has 3 nitrogen and oxygen atoms in total. The molecule has 0 spiro atoms. The maximum absolute atomic E-state index is 11.1. The largest absolute Gasteiger partial charge is 0.461 e. The number of rotatable bonds is 5. The monoisotopic (exact) mass is 213 g/mol. The van der Waals surface area contributed by atoms with Gasteiger partial charge >= 0.3 is 5.97 Å². The fraction of sp³-hybridized carbons (Fsp3) is 0.300. The average molecular weight is 213 g/mol. The third-order valence-electron chi connectivity index (χ3n) is 1.31. The molecule has 78 valence electrons. The summed E-state index contributed by atoms with van der Waals surface area (Å²) in [6.45, 7) is 7.50. The Kier molecular flexibility index (Phi) is 6.66. The molecule has 0 fully saturated rings.